The first kappa shape index (κ1) is 20.5. The first-order valence-electron chi connectivity index (χ1n) is 10.0. The van der Waals surface area contributed by atoms with E-state index in [-0.39, 0.29) is 11.5 Å². The number of fused-ring (bicyclic) bond motifs is 1. The van der Waals surface area contributed by atoms with Gasteiger partial charge in [0.1, 0.15) is 17.5 Å². The van der Waals surface area contributed by atoms with Gasteiger partial charge in [0.2, 0.25) is 0 Å². The third-order valence-electron chi connectivity index (χ3n) is 5.15. The molecule has 7 heteroatoms. The zero-order valence-corrected chi connectivity index (χ0v) is 17.7. The van der Waals surface area contributed by atoms with Crippen LogP contribution in [0.4, 0.5) is 10.2 Å². The summed E-state index contributed by atoms with van der Waals surface area (Å²) in [6.07, 6.45) is 2.47. The van der Waals surface area contributed by atoms with Gasteiger partial charge in [0, 0.05) is 49.2 Å². The normalized spacial score (nSPS) is 12.0. The molecule has 2 aromatic carbocycles. The summed E-state index contributed by atoms with van der Waals surface area (Å²) >= 11 is 0. The zero-order valence-electron chi connectivity index (χ0n) is 17.7. The monoisotopic (exact) mass is 417 g/mol. The highest BCUT2D eigenvalue weighted by Crippen LogP contribution is 2.25. The van der Waals surface area contributed by atoms with Gasteiger partial charge in [0.15, 0.2) is 0 Å². The number of H-pyrrole nitrogens is 1. The lowest BCUT2D eigenvalue weighted by molar-refractivity contribution is 0.0935. The molecule has 0 aliphatic rings. The number of nitrogens with one attached hydrogen (secondary N) is 2. The van der Waals surface area contributed by atoms with Crippen molar-refractivity contribution in [1.29, 1.82) is 0 Å². The molecule has 0 spiro atoms. The van der Waals surface area contributed by atoms with Crippen molar-refractivity contribution in [2.24, 2.45) is 0 Å². The van der Waals surface area contributed by atoms with E-state index in [0.717, 1.165) is 22.3 Å². The Morgan fingerprint density at radius 3 is 2.71 bits per heavy atom. The molecule has 0 aliphatic heterocycles. The standard InChI is InChI=1S/C24H24FN5O/c1-15-27-22(13-23(28-15)30(2)3)21(29-24(31)16-7-6-8-18(25)11-16)12-17-14-26-20-10-5-4-9-19(17)20/h4-11,13-14,21,26H,12H2,1-3H3,(H,29,31). The fraction of sp³-hybridized carbons (Fsp3) is 0.208. The quantitative estimate of drug-likeness (QED) is 0.494. The number of nitrogens with zero attached hydrogens (tertiary/aromatic N) is 3. The highest BCUT2D eigenvalue weighted by atomic mass is 19.1. The number of aromatic nitrogens is 3. The molecule has 4 rings (SSSR count). The number of aryl methyl sites for hydroxylation is 1. The smallest absolute Gasteiger partial charge is 0.251 e. The third kappa shape index (κ3) is 4.55. The van der Waals surface area contributed by atoms with Gasteiger partial charge in [-0.15, -0.1) is 0 Å². The molecule has 1 atom stereocenters. The molecule has 1 unspecified atom stereocenters. The van der Waals surface area contributed by atoms with Crippen LogP contribution in [0.1, 0.15) is 33.5 Å². The molecule has 1 amide bonds. The molecule has 0 aliphatic carbocycles. The van der Waals surface area contributed by atoms with Crippen LogP contribution in [0.3, 0.4) is 0 Å². The van der Waals surface area contributed by atoms with Crippen molar-refractivity contribution in [3.63, 3.8) is 0 Å². The maximum absolute atomic E-state index is 13.7. The van der Waals surface area contributed by atoms with E-state index in [4.69, 9.17) is 0 Å². The molecule has 2 N–H and O–H groups in total. The van der Waals surface area contributed by atoms with Gasteiger partial charge in [0.25, 0.3) is 5.91 Å². The fourth-order valence-electron chi connectivity index (χ4n) is 3.60. The Labute approximate surface area is 180 Å². The van der Waals surface area contributed by atoms with Gasteiger partial charge in [-0.1, -0.05) is 24.3 Å². The lowest BCUT2D eigenvalue weighted by atomic mass is 10.0. The van der Waals surface area contributed by atoms with Crippen LogP contribution >= 0.6 is 0 Å². The summed E-state index contributed by atoms with van der Waals surface area (Å²) in [5.74, 6) is 0.567. The second-order valence-electron chi connectivity index (χ2n) is 7.69. The molecule has 4 aromatic rings. The molecule has 31 heavy (non-hydrogen) atoms. The number of aromatic amines is 1. The van der Waals surface area contributed by atoms with E-state index in [1.165, 1.54) is 18.2 Å². The summed E-state index contributed by atoms with van der Waals surface area (Å²) in [5.41, 5.74) is 3.05. The largest absolute Gasteiger partial charge is 0.363 e. The number of rotatable bonds is 6. The van der Waals surface area contributed by atoms with Gasteiger partial charge >= 0.3 is 0 Å². The van der Waals surface area contributed by atoms with E-state index in [1.54, 1.807) is 6.07 Å². The van der Waals surface area contributed by atoms with Crippen LogP contribution < -0.4 is 10.2 Å². The second kappa shape index (κ2) is 8.55. The minimum atomic E-state index is -0.450. The number of carbonyl (C=O) groups is 1. The van der Waals surface area contributed by atoms with Gasteiger partial charge in [-0.05, 0) is 36.8 Å². The van der Waals surface area contributed by atoms with Gasteiger partial charge in [-0.3, -0.25) is 4.79 Å². The Morgan fingerprint density at radius 1 is 1.13 bits per heavy atom. The molecule has 2 heterocycles. The van der Waals surface area contributed by atoms with Crippen LogP contribution in [-0.4, -0.2) is 35.0 Å². The van der Waals surface area contributed by atoms with Crippen molar-refractivity contribution in [1.82, 2.24) is 20.3 Å². The molecule has 0 saturated carbocycles. The number of hydrogen-bond donors (Lipinski definition) is 2. The third-order valence-corrected chi connectivity index (χ3v) is 5.15. The Kier molecular flexibility index (Phi) is 5.66. The maximum atomic E-state index is 13.7. The summed E-state index contributed by atoms with van der Waals surface area (Å²) < 4.78 is 13.7. The average molecular weight is 417 g/mol. The summed E-state index contributed by atoms with van der Waals surface area (Å²) in [7, 11) is 3.82. The number of para-hydroxylation sites is 1. The maximum Gasteiger partial charge on any atom is 0.251 e. The molecule has 0 bridgehead atoms. The summed E-state index contributed by atoms with van der Waals surface area (Å²) in [5, 5.41) is 4.13. The van der Waals surface area contributed by atoms with Crippen molar-refractivity contribution in [2.45, 2.75) is 19.4 Å². The van der Waals surface area contributed by atoms with Crippen LogP contribution in [0, 0.1) is 12.7 Å². The van der Waals surface area contributed by atoms with Crippen LogP contribution in [0.2, 0.25) is 0 Å². The van der Waals surface area contributed by atoms with Crippen molar-refractivity contribution in [3.05, 3.63) is 89.3 Å². The van der Waals surface area contributed by atoms with Crippen molar-refractivity contribution >= 4 is 22.6 Å². The van der Waals surface area contributed by atoms with E-state index in [2.05, 4.69) is 20.3 Å². The van der Waals surface area contributed by atoms with E-state index in [0.29, 0.717) is 17.9 Å². The van der Waals surface area contributed by atoms with E-state index >= 15 is 0 Å². The average Bonchev–Trinajstić information content (AvgIpc) is 3.15. The van der Waals surface area contributed by atoms with E-state index in [9.17, 15) is 9.18 Å². The van der Waals surface area contributed by atoms with Gasteiger partial charge < -0.3 is 15.2 Å². The number of benzene rings is 2. The molecule has 0 saturated heterocycles. The summed E-state index contributed by atoms with van der Waals surface area (Å²) in [6.45, 7) is 1.83. The molecule has 158 valence electrons. The van der Waals surface area contributed by atoms with Crippen LogP contribution in [-0.2, 0) is 6.42 Å². The molecule has 2 aromatic heterocycles. The lowest BCUT2D eigenvalue weighted by Gasteiger charge is -2.21. The highest BCUT2D eigenvalue weighted by molar-refractivity contribution is 5.94. The molecular formula is C24H24FN5O. The number of carbonyl (C=O) groups excluding carboxylic acids is 1. The Morgan fingerprint density at radius 2 is 1.94 bits per heavy atom. The first-order chi connectivity index (χ1) is 14.9. The number of amides is 1. The topological polar surface area (TPSA) is 73.9 Å². The number of halogens is 1. The van der Waals surface area contributed by atoms with Crippen LogP contribution in [0.5, 0.6) is 0 Å². The van der Waals surface area contributed by atoms with Gasteiger partial charge in [-0.25, -0.2) is 14.4 Å². The Balaban J connectivity index is 1.72. The predicted molar refractivity (Wildman–Crippen MR) is 120 cm³/mol. The van der Waals surface area contributed by atoms with Gasteiger partial charge in [0.05, 0.1) is 11.7 Å². The second-order valence-corrected chi connectivity index (χ2v) is 7.69. The van der Waals surface area contributed by atoms with Crippen molar-refractivity contribution in [3.8, 4) is 0 Å². The number of hydrogen-bond acceptors (Lipinski definition) is 4. The Bertz CT molecular complexity index is 1230. The predicted octanol–water partition coefficient (Wildman–Crippen LogP) is 4.19. The summed E-state index contributed by atoms with van der Waals surface area (Å²) in [6, 6.07) is 15.1. The lowest BCUT2D eigenvalue weighted by Crippen LogP contribution is -2.31. The van der Waals surface area contributed by atoms with Gasteiger partial charge in [-0.2, -0.15) is 0 Å². The van der Waals surface area contributed by atoms with E-state index in [1.807, 2.05) is 62.4 Å². The first-order valence-corrected chi connectivity index (χ1v) is 10.0. The minimum absolute atomic E-state index is 0.266. The SMILES string of the molecule is Cc1nc(C(Cc2c[nH]c3ccccc23)NC(=O)c2cccc(F)c2)cc(N(C)C)n1. The molecule has 0 radical (unpaired) electrons. The zero-order chi connectivity index (χ0) is 22.0. The summed E-state index contributed by atoms with van der Waals surface area (Å²) in [4.78, 5) is 27.2. The molecular weight excluding hydrogens is 393 g/mol. The molecule has 6 nitrogen and oxygen atoms in total. The van der Waals surface area contributed by atoms with Crippen LogP contribution in [0.25, 0.3) is 10.9 Å². The minimum Gasteiger partial charge on any atom is -0.363 e. The highest BCUT2D eigenvalue weighted by Gasteiger charge is 2.21. The Hall–Kier alpha value is -3.74. The molecule has 0 fully saturated rings. The van der Waals surface area contributed by atoms with Crippen molar-refractivity contribution in [2.75, 3.05) is 19.0 Å². The fourth-order valence-corrected chi connectivity index (χ4v) is 3.60. The van der Waals surface area contributed by atoms with Crippen molar-refractivity contribution < 1.29 is 9.18 Å². The van der Waals surface area contributed by atoms with Crippen LogP contribution in [0.15, 0.2) is 60.8 Å². The number of anilines is 1. The van der Waals surface area contributed by atoms with E-state index < -0.39 is 11.9 Å².